The number of nitrogens with zero attached hydrogens (tertiary/aromatic N) is 2. The van der Waals surface area contributed by atoms with Crippen LogP contribution in [0.1, 0.15) is 47.0 Å². The zero-order valence-corrected chi connectivity index (χ0v) is 14.8. The summed E-state index contributed by atoms with van der Waals surface area (Å²) < 4.78 is 0. The van der Waals surface area contributed by atoms with Crippen LogP contribution in [-0.4, -0.2) is 46.1 Å². The summed E-state index contributed by atoms with van der Waals surface area (Å²) in [6, 6.07) is 0. The number of hydroxylamine groups is 2. The van der Waals surface area contributed by atoms with Crippen LogP contribution in [0.4, 0.5) is 0 Å². The minimum atomic E-state index is -1.02. The van der Waals surface area contributed by atoms with E-state index in [0.29, 0.717) is 5.06 Å². The monoisotopic (exact) mass is 350 g/mol. The Balaban J connectivity index is 2.01. The normalized spacial score (nSPS) is 18.6. The van der Waals surface area contributed by atoms with Gasteiger partial charge in [-0.1, -0.05) is 13.8 Å². The molecule has 136 valence electrons. The van der Waals surface area contributed by atoms with Crippen molar-refractivity contribution in [1.29, 1.82) is 0 Å². The van der Waals surface area contributed by atoms with Crippen molar-refractivity contribution in [2.75, 3.05) is 6.54 Å². The van der Waals surface area contributed by atoms with E-state index in [9.17, 15) is 24.0 Å². The van der Waals surface area contributed by atoms with Crippen LogP contribution in [-0.2, 0) is 28.8 Å². The summed E-state index contributed by atoms with van der Waals surface area (Å²) in [5, 5.41) is 0.522. The average Bonchev–Trinajstić information content (AvgIpc) is 2.96. The lowest BCUT2D eigenvalue weighted by Crippen LogP contribution is -2.43. The van der Waals surface area contributed by atoms with Gasteiger partial charge in [-0.3, -0.25) is 24.1 Å². The largest absolute Gasteiger partial charge is 0.338 e. The number of imide groups is 2. The van der Waals surface area contributed by atoms with Crippen molar-refractivity contribution >= 4 is 29.6 Å². The van der Waals surface area contributed by atoms with Crippen LogP contribution in [0.3, 0.4) is 0 Å². The van der Waals surface area contributed by atoms with E-state index in [1.807, 2.05) is 13.8 Å². The Labute approximate surface area is 145 Å². The number of amides is 4. The Kier molecular flexibility index (Phi) is 4.83. The van der Waals surface area contributed by atoms with Gasteiger partial charge in [-0.05, 0) is 25.7 Å². The van der Waals surface area contributed by atoms with Gasteiger partial charge in [0.05, 0.1) is 5.41 Å². The third-order valence-electron chi connectivity index (χ3n) is 4.14. The maximum atomic E-state index is 12.4. The third-order valence-corrected chi connectivity index (χ3v) is 4.14. The second-order valence-corrected chi connectivity index (χ2v) is 7.78. The molecule has 1 fully saturated rings. The highest BCUT2D eigenvalue weighted by molar-refractivity contribution is 6.12. The van der Waals surface area contributed by atoms with Gasteiger partial charge in [0.1, 0.15) is 0 Å². The summed E-state index contributed by atoms with van der Waals surface area (Å²) >= 11 is 0. The van der Waals surface area contributed by atoms with E-state index in [0.717, 1.165) is 4.90 Å². The summed E-state index contributed by atoms with van der Waals surface area (Å²) in [5.74, 6) is -2.54. The van der Waals surface area contributed by atoms with Crippen molar-refractivity contribution in [2.45, 2.75) is 47.0 Å². The van der Waals surface area contributed by atoms with Crippen LogP contribution >= 0.6 is 0 Å². The molecule has 8 nitrogen and oxygen atoms in total. The quantitative estimate of drug-likeness (QED) is 0.661. The van der Waals surface area contributed by atoms with Crippen molar-refractivity contribution in [1.82, 2.24) is 9.96 Å². The van der Waals surface area contributed by atoms with Crippen LogP contribution < -0.4 is 0 Å². The van der Waals surface area contributed by atoms with Gasteiger partial charge in [0.15, 0.2) is 0 Å². The molecule has 2 aliphatic heterocycles. The Hall–Kier alpha value is -2.51. The van der Waals surface area contributed by atoms with Gasteiger partial charge in [-0.2, -0.15) is 0 Å². The SMILES string of the molecule is CC(C)(CN1C(=O)C=CC1=O)CC(C)(C)C(=O)ON1C(=O)CCC1=O. The molecule has 0 saturated carbocycles. The molecule has 0 radical (unpaired) electrons. The average molecular weight is 350 g/mol. The Morgan fingerprint density at radius 1 is 1.00 bits per heavy atom. The molecule has 8 heteroatoms. The lowest BCUT2D eigenvalue weighted by Gasteiger charge is -2.35. The Morgan fingerprint density at radius 3 is 1.96 bits per heavy atom. The van der Waals surface area contributed by atoms with E-state index in [2.05, 4.69) is 0 Å². The van der Waals surface area contributed by atoms with Gasteiger partial charge in [0.25, 0.3) is 23.6 Å². The highest BCUT2D eigenvalue weighted by atomic mass is 16.7. The van der Waals surface area contributed by atoms with Gasteiger partial charge < -0.3 is 4.84 Å². The first-order valence-corrected chi connectivity index (χ1v) is 8.05. The molecular formula is C17H22N2O6. The second-order valence-electron chi connectivity index (χ2n) is 7.78. The number of rotatable bonds is 6. The molecule has 25 heavy (non-hydrogen) atoms. The molecule has 0 N–H and O–H groups in total. The van der Waals surface area contributed by atoms with Gasteiger partial charge in [-0.25, -0.2) is 4.79 Å². The van der Waals surface area contributed by atoms with E-state index in [1.54, 1.807) is 13.8 Å². The summed E-state index contributed by atoms with van der Waals surface area (Å²) in [4.78, 5) is 65.1. The van der Waals surface area contributed by atoms with E-state index >= 15 is 0 Å². The summed E-state index contributed by atoms with van der Waals surface area (Å²) in [5.41, 5.74) is -1.59. The molecule has 2 rings (SSSR count). The molecule has 0 aliphatic carbocycles. The van der Waals surface area contributed by atoms with Gasteiger partial charge in [0.2, 0.25) is 0 Å². The molecular weight excluding hydrogens is 328 g/mol. The molecule has 2 heterocycles. The predicted molar refractivity (Wildman–Crippen MR) is 85.2 cm³/mol. The van der Waals surface area contributed by atoms with Crippen LogP contribution in [0.15, 0.2) is 12.2 Å². The third kappa shape index (κ3) is 4.12. The lowest BCUT2D eigenvalue weighted by atomic mass is 9.75. The van der Waals surface area contributed by atoms with E-state index in [-0.39, 0.29) is 37.6 Å². The minimum absolute atomic E-state index is 0.0320. The zero-order chi connectivity index (χ0) is 19.0. The van der Waals surface area contributed by atoms with Crippen molar-refractivity contribution in [3.05, 3.63) is 12.2 Å². The molecule has 0 aromatic rings. The smallest absolute Gasteiger partial charge is 0.330 e. The highest BCUT2D eigenvalue weighted by Crippen LogP contribution is 2.36. The molecule has 0 spiro atoms. The maximum Gasteiger partial charge on any atom is 0.338 e. The number of carbonyl (C=O) groups excluding carboxylic acids is 5. The maximum absolute atomic E-state index is 12.4. The van der Waals surface area contributed by atoms with Gasteiger partial charge >= 0.3 is 5.97 Å². The van der Waals surface area contributed by atoms with Crippen molar-refractivity contribution in [3.8, 4) is 0 Å². The predicted octanol–water partition coefficient (Wildman–Crippen LogP) is 0.961. The first kappa shape index (κ1) is 18.8. The van der Waals surface area contributed by atoms with Gasteiger partial charge in [-0.15, -0.1) is 5.06 Å². The fraction of sp³-hybridized carbons (Fsp3) is 0.588. The fourth-order valence-electron chi connectivity index (χ4n) is 3.20. The van der Waals surface area contributed by atoms with Crippen molar-refractivity contribution < 1.29 is 28.8 Å². The first-order chi connectivity index (χ1) is 11.4. The fourth-order valence-corrected chi connectivity index (χ4v) is 3.20. The minimum Gasteiger partial charge on any atom is -0.330 e. The van der Waals surface area contributed by atoms with Crippen molar-refractivity contribution in [2.24, 2.45) is 10.8 Å². The van der Waals surface area contributed by atoms with E-state index in [1.165, 1.54) is 12.2 Å². The Morgan fingerprint density at radius 2 is 1.48 bits per heavy atom. The second kappa shape index (κ2) is 6.42. The first-order valence-electron chi connectivity index (χ1n) is 8.05. The summed E-state index contributed by atoms with van der Waals surface area (Å²) in [7, 11) is 0. The molecule has 0 bridgehead atoms. The van der Waals surface area contributed by atoms with Crippen LogP contribution in [0.25, 0.3) is 0 Å². The van der Waals surface area contributed by atoms with Crippen LogP contribution in [0, 0.1) is 10.8 Å². The van der Waals surface area contributed by atoms with Crippen LogP contribution in [0.2, 0.25) is 0 Å². The molecule has 0 atom stereocenters. The van der Waals surface area contributed by atoms with Crippen LogP contribution in [0.5, 0.6) is 0 Å². The molecule has 0 aromatic heterocycles. The number of carbonyl (C=O) groups is 5. The van der Waals surface area contributed by atoms with E-state index in [4.69, 9.17) is 4.84 Å². The summed E-state index contributed by atoms with van der Waals surface area (Å²) in [6.07, 6.45) is 2.77. The molecule has 1 saturated heterocycles. The lowest BCUT2D eigenvalue weighted by molar-refractivity contribution is -0.205. The zero-order valence-electron chi connectivity index (χ0n) is 14.8. The van der Waals surface area contributed by atoms with E-state index < -0.39 is 28.6 Å². The van der Waals surface area contributed by atoms with Crippen molar-refractivity contribution in [3.63, 3.8) is 0 Å². The molecule has 0 unspecified atom stereocenters. The highest BCUT2D eigenvalue weighted by Gasteiger charge is 2.42. The number of hydrogen-bond donors (Lipinski definition) is 0. The number of hydrogen-bond acceptors (Lipinski definition) is 6. The topological polar surface area (TPSA) is 101 Å². The summed E-state index contributed by atoms with van der Waals surface area (Å²) in [6.45, 7) is 7.07. The Bertz CT molecular complexity index is 643. The molecule has 4 amide bonds. The van der Waals surface area contributed by atoms with Gasteiger partial charge in [0, 0.05) is 31.5 Å². The molecule has 2 aliphatic rings. The molecule has 0 aromatic carbocycles. The standard InChI is InChI=1S/C17H22N2O6/c1-16(2,10-18-11(20)5-6-12(18)21)9-17(3,4)15(24)25-19-13(22)7-8-14(19)23/h5-6H,7-10H2,1-4H3.